The van der Waals surface area contributed by atoms with Crippen molar-refractivity contribution >= 4 is 11.1 Å². The van der Waals surface area contributed by atoms with Gasteiger partial charge in [0, 0.05) is 45.2 Å². The van der Waals surface area contributed by atoms with E-state index in [1.165, 1.54) is 5.56 Å². The lowest BCUT2D eigenvalue weighted by Crippen LogP contribution is -2.42. The lowest BCUT2D eigenvalue weighted by atomic mass is 10.1. The van der Waals surface area contributed by atoms with Crippen LogP contribution in [0.3, 0.4) is 0 Å². The Morgan fingerprint density at radius 1 is 1.35 bits per heavy atom. The molecule has 1 N–H and O–H groups in total. The molecule has 0 bridgehead atoms. The molecular weight excluding hydrogens is 214 g/mol. The quantitative estimate of drug-likeness (QED) is 0.851. The second kappa shape index (κ2) is 4.47. The van der Waals surface area contributed by atoms with Crippen molar-refractivity contribution in [3.8, 4) is 0 Å². The van der Waals surface area contributed by atoms with Crippen LogP contribution in [0, 0.1) is 6.92 Å². The van der Waals surface area contributed by atoms with E-state index in [2.05, 4.69) is 27.3 Å². The van der Waals surface area contributed by atoms with E-state index in [9.17, 15) is 0 Å². The van der Waals surface area contributed by atoms with E-state index < -0.39 is 0 Å². The number of aromatic nitrogens is 1. The Balaban J connectivity index is 1.88. The van der Waals surface area contributed by atoms with Crippen molar-refractivity contribution in [2.45, 2.75) is 13.5 Å². The second-order valence-electron chi connectivity index (χ2n) is 4.52. The number of rotatable bonds is 2. The van der Waals surface area contributed by atoms with Crippen molar-refractivity contribution in [3.05, 3.63) is 29.7 Å². The summed E-state index contributed by atoms with van der Waals surface area (Å²) in [4.78, 5) is 6.82. The molecule has 0 unspecified atom stereocenters. The van der Waals surface area contributed by atoms with Crippen molar-refractivity contribution < 1.29 is 4.42 Å². The second-order valence-corrected chi connectivity index (χ2v) is 4.52. The Hall–Kier alpha value is -1.39. The van der Waals surface area contributed by atoms with Gasteiger partial charge in [-0.3, -0.25) is 4.90 Å². The first-order chi connectivity index (χ1) is 8.33. The molecule has 90 valence electrons. The average Bonchev–Trinajstić information content (AvgIpc) is 2.72. The van der Waals surface area contributed by atoms with Crippen LogP contribution in [0.15, 0.2) is 22.6 Å². The number of nitrogens with one attached hydrogen (secondary N) is 1. The summed E-state index contributed by atoms with van der Waals surface area (Å²) >= 11 is 0. The molecule has 17 heavy (non-hydrogen) atoms. The summed E-state index contributed by atoms with van der Waals surface area (Å²) in [6.07, 6.45) is 0. The molecule has 0 atom stereocenters. The van der Waals surface area contributed by atoms with Crippen LogP contribution >= 0.6 is 0 Å². The molecule has 0 amide bonds. The molecule has 0 spiro atoms. The Labute approximate surface area is 101 Å². The van der Waals surface area contributed by atoms with E-state index in [4.69, 9.17) is 4.42 Å². The lowest BCUT2D eigenvalue weighted by molar-refractivity contribution is 0.233. The highest BCUT2D eigenvalue weighted by Crippen LogP contribution is 2.21. The number of nitrogens with zero attached hydrogens (tertiary/aromatic N) is 2. The van der Waals surface area contributed by atoms with Gasteiger partial charge in [0.1, 0.15) is 5.52 Å². The Bertz CT molecular complexity index is 514. The molecule has 2 aromatic rings. The van der Waals surface area contributed by atoms with Crippen LogP contribution in [0.1, 0.15) is 11.5 Å². The highest BCUT2D eigenvalue weighted by molar-refractivity contribution is 5.76. The SMILES string of the molecule is Cc1nc2cccc(CN3CCNCC3)c2o1. The maximum atomic E-state index is 5.69. The van der Waals surface area contributed by atoms with Gasteiger partial charge in [0.25, 0.3) is 0 Å². The van der Waals surface area contributed by atoms with Crippen LogP contribution in [-0.4, -0.2) is 36.1 Å². The maximum Gasteiger partial charge on any atom is 0.192 e. The van der Waals surface area contributed by atoms with Gasteiger partial charge in [-0.1, -0.05) is 12.1 Å². The van der Waals surface area contributed by atoms with Gasteiger partial charge in [-0.25, -0.2) is 4.98 Å². The molecule has 0 radical (unpaired) electrons. The minimum absolute atomic E-state index is 0.743. The third-order valence-electron chi connectivity index (χ3n) is 3.21. The largest absolute Gasteiger partial charge is 0.441 e. The lowest BCUT2D eigenvalue weighted by Gasteiger charge is -2.27. The van der Waals surface area contributed by atoms with Gasteiger partial charge in [0.05, 0.1) is 0 Å². The number of oxazole rings is 1. The first kappa shape index (κ1) is 10.7. The summed E-state index contributed by atoms with van der Waals surface area (Å²) in [6.45, 7) is 7.20. The van der Waals surface area contributed by atoms with E-state index in [0.717, 1.165) is 49.7 Å². The highest BCUT2D eigenvalue weighted by atomic mass is 16.3. The Morgan fingerprint density at radius 3 is 3.00 bits per heavy atom. The summed E-state index contributed by atoms with van der Waals surface area (Å²) in [5.41, 5.74) is 3.16. The molecule has 1 aliphatic heterocycles. The smallest absolute Gasteiger partial charge is 0.192 e. The van der Waals surface area contributed by atoms with E-state index in [-0.39, 0.29) is 0 Å². The van der Waals surface area contributed by atoms with Gasteiger partial charge in [-0.05, 0) is 6.07 Å². The van der Waals surface area contributed by atoms with Crippen molar-refractivity contribution in [2.75, 3.05) is 26.2 Å². The van der Waals surface area contributed by atoms with E-state index in [1.807, 2.05) is 13.0 Å². The fourth-order valence-electron chi connectivity index (χ4n) is 2.35. The number of aryl methyl sites for hydroxylation is 1. The number of hydrogen-bond donors (Lipinski definition) is 1. The zero-order valence-electron chi connectivity index (χ0n) is 10.1. The molecule has 4 nitrogen and oxygen atoms in total. The number of hydrogen-bond acceptors (Lipinski definition) is 4. The van der Waals surface area contributed by atoms with Crippen molar-refractivity contribution in [1.82, 2.24) is 15.2 Å². The molecule has 3 rings (SSSR count). The van der Waals surface area contributed by atoms with Crippen molar-refractivity contribution in [1.29, 1.82) is 0 Å². The number of para-hydroxylation sites is 1. The number of fused-ring (bicyclic) bond motifs is 1. The van der Waals surface area contributed by atoms with E-state index in [1.54, 1.807) is 0 Å². The van der Waals surface area contributed by atoms with Crippen molar-refractivity contribution in [2.24, 2.45) is 0 Å². The topological polar surface area (TPSA) is 41.3 Å². The van der Waals surface area contributed by atoms with Crippen molar-refractivity contribution in [3.63, 3.8) is 0 Å². The zero-order chi connectivity index (χ0) is 11.7. The predicted molar refractivity (Wildman–Crippen MR) is 66.9 cm³/mol. The molecule has 0 aliphatic carbocycles. The fourth-order valence-corrected chi connectivity index (χ4v) is 2.35. The number of piperazine rings is 1. The molecule has 0 saturated carbocycles. The van der Waals surface area contributed by atoms with Crippen LogP contribution in [-0.2, 0) is 6.54 Å². The summed E-state index contributed by atoms with van der Waals surface area (Å²) in [6, 6.07) is 6.20. The van der Waals surface area contributed by atoms with Gasteiger partial charge >= 0.3 is 0 Å². The molecule has 1 fully saturated rings. The summed E-state index contributed by atoms with van der Waals surface area (Å²) < 4.78 is 5.69. The van der Waals surface area contributed by atoms with Gasteiger partial charge in [-0.2, -0.15) is 0 Å². The molecule has 1 aromatic heterocycles. The third-order valence-corrected chi connectivity index (χ3v) is 3.21. The Kier molecular flexibility index (Phi) is 2.82. The summed E-state index contributed by atoms with van der Waals surface area (Å²) in [7, 11) is 0. The van der Waals surface area contributed by atoms with Crippen LogP contribution in [0.4, 0.5) is 0 Å². The molecule has 2 heterocycles. The van der Waals surface area contributed by atoms with Gasteiger partial charge in [0.2, 0.25) is 0 Å². The summed E-state index contributed by atoms with van der Waals surface area (Å²) in [5, 5.41) is 3.36. The maximum absolute atomic E-state index is 5.69. The monoisotopic (exact) mass is 231 g/mol. The molecular formula is C13H17N3O. The van der Waals surface area contributed by atoms with Crippen LogP contribution in [0.5, 0.6) is 0 Å². The van der Waals surface area contributed by atoms with Gasteiger partial charge in [0.15, 0.2) is 11.5 Å². The van der Waals surface area contributed by atoms with Gasteiger partial charge < -0.3 is 9.73 Å². The first-order valence-electron chi connectivity index (χ1n) is 6.11. The molecule has 1 aromatic carbocycles. The minimum atomic E-state index is 0.743. The average molecular weight is 231 g/mol. The molecule has 4 heteroatoms. The minimum Gasteiger partial charge on any atom is -0.441 e. The molecule has 1 saturated heterocycles. The van der Waals surface area contributed by atoms with E-state index >= 15 is 0 Å². The standard InChI is InChI=1S/C13H17N3O/c1-10-15-12-4-2-3-11(13(12)17-10)9-16-7-5-14-6-8-16/h2-4,14H,5-9H2,1H3. The summed E-state index contributed by atoms with van der Waals surface area (Å²) in [5.74, 6) is 0.743. The van der Waals surface area contributed by atoms with Crippen LogP contribution in [0.2, 0.25) is 0 Å². The normalized spacial score (nSPS) is 17.7. The van der Waals surface area contributed by atoms with Gasteiger partial charge in [-0.15, -0.1) is 0 Å². The molecule has 1 aliphatic rings. The fraction of sp³-hybridized carbons (Fsp3) is 0.462. The van der Waals surface area contributed by atoms with Crippen LogP contribution in [0.25, 0.3) is 11.1 Å². The van der Waals surface area contributed by atoms with Crippen LogP contribution < -0.4 is 5.32 Å². The number of benzene rings is 1. The first-order valence-corrected chi connectivity index (χ1v) is 6.11. The van der Waals surface area contributed by atoms with E-state index in [0.29, 0.717) is 0 Å². The Morgan fingerprint density at radius 2 is 2.18 bits per heavy atom. The predicted octanol–water partition coefficient (Wildman–Crippen LogP) is 1.54. The highest BCUT2D eigenvalue weighted by Gasteiger charge is 2.13. The third kappa shape index (κ3) is 2.18. The zero-order valence-corrected chi connectivity index (χ0v) is 10.1.